The average Bonchev–Trinajstić information content (AvgIpc) is 3.63. The van der Waals surface area contributed by atoms with Crippen LogP contribution in [0.2, 0.25) is 0 Å². The summed E-state index contributed by atoms with van der Waals surface area (Å²) >= 11 is 0. The van der Waals surface area contributed by atoms with Gasteiger partial charge in [0.05, 0.1) is 16.6 Å². The van der Waals surface area contributed by atoms with Crippen LogP contribution in [0.3, 0.4) is 0 Å². The van der Waals surface area contributed by atoms with E-state index in [0.29, 0.717) is 11.8 Å². The van der Waals surface area contributed by atoms with Crippen LogP contribution >= 0.6 is 0 Å². The zero-order valence-electron chi connectivity index (χ0n) is 25.7. The van der Waals surface area contributed by atoms with Crippen LogP contribution in [-0.4, -0.2) is 9.13 Å². The van der Waals surface area contributed by atoms with E-state index >= 15 is 0 Å². The number of rotatable bonds is 5. The van der Waals surface area contributed by atoms with Crippen molar-refractivity contribution in [1.29, 1.82) is 0 Å². The Hall–Kier alpha value is -4.82. The summed E-state index contributed by atoms with van der Waals surface area (Å²) in [6.45, 7) is 0. The smallest absolute Gasteiger partial charge is 0.0541 e. The van der Waals surface area contributed by atoms with Gasteiger partial charge in [-0.25, -0.2) is 0 Å². The van der Waals surface area contributed by atoms with Gasteiger partial charge in [-0.05, 0) is 96.8 Å². The molecule has 2 aromatic heterocycles. The van der Waals surface area contributed by atoms with E-state index in [1.807, 2.05) is 0 Å². The minimum Gasteiger partial charge on any atom is -0.310 e. The Kier molecular flexibility index (Phi) is 6.47. The van der Waals surface area contributed by atoms with E-state index in [2.05, 4.69) is 143 Å². The molecule has 0 spiro atoms. The Morgan fingerprint density at radius 1 is 0.511 bits per heavy atom. The van der Waals surface area contributed by atoms with Crippen LogP contribution in [0.15, 0.2) is 127 Å². The van der Waals surface area contributed by atoms with E-state index in [1.165, 1.54) is 98.6 Å². The SMILES string of the molecule is C1=Cc2c(c3ccccc3n2-c2ccc(C(c3ccc(-n4c5ccccc5c5ccccc54)cc3)C3CCCCC3)cc2)CC1. The second kappa shape index (κ2) is 11.0. The first-order valence-electron chi connectivity index (χ1n) is 16.8. The first-order valence-corrected chi connectivity index (χ1v) is 16.8. The molecule has 0 saturated heterocycles. The number of hydrogen-bond acceptors (Lipinski definition) is 0. The lowest BCUT2D eigenvalue weighted by Crippen LogP contribution is -2.18. The molecule has 1 atom stereocenters. The first kappa shape index (κ1) is 26.6. The summed E-state index contributed by atoms with van der Waals surface area (Å²) in [5, 5.41) is 4.01. The van der Waals surface area contributed by atoms with E-state index in [-0.39, 0.29) is 0 Å². The monoisotopic (exact) mass is 582 g/mol. The standard InChI is InChI=1S/C43H38N2/c1-2-12-30(13-3-1)43(31-22-26-33(27-23-31)44-39-18-8-4-14-35(39)36-15-5-9-19-40(36)44)32-24-28-34(29-25-32)45-41-20-10-6-16-37(41)38-17-7-11-21-42(38)45/h4-6,8-11,14-16,18-30,43H,1-3,7,12-13,17H2. The first-order chi connectivity index (χ1) is 22.3. The Bertz CT molecular complexity index is 2130. The molecular weight excluding hydrogens is 544 g/mol. The van der Waals surface area contributed by atoms with Gasteiger partial charge in [0, 0.05) is 39.1 Å². The third-order valence-electron chi connectivity index (χ3n) is 10.6. The molecule has 1 unspecified atom stereocenters. The van der Waals surface area contributed by atoms with Crippen LogP contribution in [0.5, 0.6) is 0 Å². The number of allylic oxidation sites excluding steroid dienone is 1. The Morgan fingerprint density at radius 3 is 1.62 bits per heavy atom. The maximum atomic E-state index is 2.47. The van der Waals surface area contributed by atoms with Gasteiger partial charge >= 0.3 is 0 Å². The van der Waals surface area contributed by atoms with Crippen molar-refractivity contribution in [2.45, 2.75) is 50.9 Å². The Balaban J connectivity index is 1.12. The number of aryl methyl sites for hydroxylation is 1. The van der Waals surface area contributed by atoms with Gasteiger partial charge in [0.25, 0.3) is 0 Å². The molecule has 0 bridgehead atoms. The highest BCUT2D eigenvalue weighted by Gasteiger charge is 2.27. The van der Waals surface area contributed by atoms with Gasteiger partial charge in [0.1, 0.15) is 0 Å². The molecule has 0 amide bonds. The van der Waals surface area contributed by atoms with Gasteiger partial charge in [-0.3, -0.25) is 0 Å². The zero-order chi connectivity index (χ0) is 29.7. The molecule has 45 heavy (non-hydrogen) atoms. The number of nitrogens with zero attached hydrogens (tertiary/aromatic N) is 2. The molecule has 1 fully saturated rings. The number of para-hydroxylation sites is 3. The normalized spacial score (nSPS) is 16.0. The molecule has 2 nitrogen and oxygen atoms in total. The molecule has 2 heteroatoms. The number of hydrogen-bond donors (Lipinski definition) is 0. The topological polar surface area (TPSA) is 9.86 Å². The highest BCUT2D eigenvalue weighted by atomic mass is 15.0. The fourth-order valence-electron chi connectivity index (χ4n) is 8.53. The zero-order valence-corrected chi connectivity index (χ0v) is 25.7. The summed E-state index contributed by atoms with van der Waals surface area (Å²) in [4.78, 5) is 0. The minimum absolute atomic E-state index is 0.404. The molecule has 5 aromatic carbocycles. The number of benzene rings is 5. The highest BCUT2D eigenvalue weighted by Crippen LogP contribution is 2.42. The quantitative estimate of drug-likeness (QED) is 0.191. The van der Waals surface area contributed by atoms with Gasteiger partial charge in [0.15, 0.2) is 0 Å². The maximum Gasteiger partial charge on any atom is 0.0541 e. The van der Waals surface area contributed by atoms with Gasteiger partial charge in [0.2, 0.25) is 0 Å². The van der Waals surface area contributed by atoms with Gasteiger partial charge in [-0.2, -0.15) is 0 Å². The van der Waals surface area contributed by atoms with Gasteiger partial charge in [-0.15, -0.1) is 0 Å². The summed E-state index contributed by atoms with van der Waals surface area (Å²) in [7, 11) is 0. The largest absolute Gasteiger partial charge is 0.310 e. The van der Waals surface area contributed by atoms with E-state index in [1.54, 1.807) is 0 Å². The third-order valence-corrected chi connectivity index (χ3v) is 10.6. The predicted octanol–water partition coefficient (Wildman–Crippen LogP) is 11.4. The fourth-order valence-corrected chi connectivity index (χ4v) is 8.53. The van der Waals surface area contributed by atoms with Crippen molar-refractivity contribution in [3.05, 3.63) is 150 Å². The van der Waals surface area contributed by atoms with E-state index in [0.717, 1.165) is 12.8 Å². The second-order valence-corrected chi connectivity index (χ2v) is 13.1. The molecule has 2 aliphatic rings. The lowest BCUT2D eigenvalue weighted by Gasteiger charge is -2.31. The van der Waals surface area contributed by atoms with Crippen molar-refractivity contribution in [3.63, 3.8) is 0 Å². The van der Waals surface area contributed by atoms with Crippen LogP contribution in [0.1, 0.15) is 66.8 Å². The third kappa shape index (κ3) is 4.38. The van der Waals surface area contributed by atoms with Crippen molar-refractivity contribution in [2.75, 3.05) is 0 Å². The molecular formula is C43H38N2. The van der Waals surface area contributed by atoms with Crippen molar-refractivity contribution >= 4 is 38.8 Å². The van der Waals surface area contributed by atoms with E-state index < -0.39 is 0 Å². The second-order valence-electron chi connectivity index (χ2n) is 13.1. The van der Waals surface area contributed by atoms with Crippen LogP contribution in [0.25, 0.3) is 50.2 Å². The predicted molar refractivity (Wildman–Crippen MR) is 190 cm³/mol. The minimum atomic E-state index is 0.404. The maximum absolute atomic E-state index is 2.47. The molecule has 220 valence electrons. The molecule has 7 aromatic rings. The van der Waals surface area contributed by atoms with Gasteiger partial charge in [-0.1, -0.05) is 104 Å². The fraction of sp³-hybridized carbons (Fsp3) is 0.209. The molecule has 2 aliphatic carbocycles. The summed E-state index contributed by atoms with van der Waals surface area (Å²) in [6.07, 6.45) is 13.6. The molecule has 0 radical (unpaired) electrons. The summed E-state index contributed by atoms with van der Waals surface area (Å²) in [5.74, 6) is 1.08. The van der Waals surface area contributed by atoms with Crippen LogP contribution in [-0.2, 0) is 6.42 Å². The summed E-state index contributed by atoms with van der Waals surface area (Å²) in [6, 6.07) is 45.6. The number of aromatic nitrogens is 2. The van der Waals surface area contributed by atoms with Gasteiger partial charge < -0.3 is 9.13 Å². The van der Waals surface area contributed by atoms with Crippen molar-refractivity contribution in [1.82, 2.24) is 9.13 Å². The Labute approximate surface area is 265 Å². The lowest BCUT2D eigenvalue weighted by molar-refractivity contribution is 0.327. The van der Waals surface area contributed by atoms with E-state index in [9.17, 15) is 0 Å². The average molecular weight is 583 g/mol. The number of fused-ring (bicyclic) bond motifs is 6. The molecule has 2 heterocycles. The molecule has 0 aliphatic heterocycles. The highest BCUT2D eigenvalue weighted by molar-refractivity contribution is 6.09. The molecule has 1 saturated carbocycles. The molecule has 9 rings (SSSR count). The lowest BCUT2D eigenvalue weighted by atomic mass is 9.73. The van der Waals surface area contributed by atoms with Crippen molar-refractivity contribution < 1.29 is 0 Å². The van der Waals surface area contributed by atoms with Crippen molar-refractivity contribution in [3.8, 4) is 11.4 Å². The molecule has 0 N–H and O–H groups in total. The van der Waals surface area contributed by atoms with E-state index in [4.69, 9.17) is 0 Å². The van der Waals surface area contributed by atoms with Crippen LogP contribution in [0, 0.1) is 5.92 Å². The van der Waals surface area contributed by atoms with Crippen molar-refractivity contribution in [2.24, 2.45) is 5.92 Å². The van der Waals surface area contributed by atoms with Crippen LogP contribution < -0.4 is 0 Å². The Morgan fingerprint density at radius 2 is 1.02 bits per heavy atom. The summed E-state index contributed by atoms with van der Waals surface area (Å²) < 4.78 is 4.90. The summed E-state index contributed by atoms with van der Waals surface area (Å²) in [5.41, 5.74) is 12.0. The van der Waals surface area contributed by atoms with Crippen LogP contribution in [0.4, 0.5) is 0 Å².